The van der Waals surface area contributed by atoms with E-state index in [0.29, 0.717) is 13.2 Å². The molecule has 0 aromatic heterocycles. The van der Waals surface area contributed by atoms with Crippen LogP contribution in [-0.2, 0) is 16.1 Å². The number of aliphatic hydroxyl groups excluding tert-OH is 2. The number of aliphatic hydroxyl groups is 2. The van der Waals surface area contributed by atoms with Crippen molar-refractivity contribution in [1.82, 2.24) is 0 Å². The highest BCUT2D eigenvalue weighted by atomic mass is 16.6. The Morgan fingerprint density at radius 2 is 1.68 bits per heavy atom. The van der Waals surface area contributed by atoms with Gasteiger partial charge in [-0.25, -0.2) is 0 Å². The summed E-state index contributed by atoms with van der Waals surface area (Å²) < 4.78 is 11.0. The fourth-order valence-electron chi connectivity index (χ4n) is 2.59. The number of ether oxygens (including phenoxy) is 2. The summed E-state index contributed by atoms with van der Waals surface area (Å²) in [6, 6.07) is 18.4. The van der Waals surface area contributed by atoms with Crippen molar-refractivity contribution in [2.75, 3.05) is 13.2 Å². The second-order valence-corrected chi connectivity index (χ2v) is 5.46. The van der Waals surface area contributed by atoms with E-state index in [1.807, 2.05) is 30.3 Å². The maximum absolute atomic E-state index is 9.91. The quantitative estimate of drug-likeness (QED) is 0.886. The molecule has 0 radical (unpaired) electrons. The summed E-state index contributed by atoms with van der Waals surface area (Å²) in [5.74, 6) is 0. The van der Waals surface area contributed by atoms with Crippen molar-refractivity contribution in [2.24, 2.45) is 0 Å². The zero-order valence-corrected chi connectivity index (χ0v) is 12.3. The van der Waals surface area contributed by atoms with Crippen LogP contribution in [0.15, 0.2) is 54.6 Å². The third kappa shape index (κ3) is 3.36. The molecule has 1 aliphatic heterocycles. The van der Waals surface area contributed by atoms with Crippen molar-refractivity contribution >= 4 is 0 Å². The van der Waals surface area contributed by atoms with E-state index in [4.69, 9.17) is 14.6 Å². The van der Waals surface area contributed by atoms with Crippen LogP contribution >= 0.6 is 0 Å². The van der Waals surface area contributed by atoms with E-state index in [-0.39, 0.29) is 12.7 Å². The van der Waals surface area contributed by atoms with Gasteiger partial charge in [-0.1, -0.05) is 54.6 Å². The minimum Gasteiger partial charge on any atom is -0.394 e. The number of rotatable bonds is 5. The van der Waals surface area contributed by atoms with Crippen LogP contribution in [0.1, 0.15) is 5.56 Å². The van der Waals surface area contributed by atoms with Gasteiger partial charge in [0.05, 0.1) is 19.8 Å². The second kappa shape index (κ2) is 7.03. The molecule has 3 atom stereocenters. The summed E-state index contributed by atoms with van der Waals surface area (Å²) in [5.41, 5.74) is 3.38. The number of hydrogen-bond acceptors (Lipinski definition) is 4. The molecule has 2 aromatic carbocycles. The Balaban J connectivity index is 1.58. The summed E-state index contributed by atoms with van der Waals surface area (Å²) >= 11 is 0. The van der Waals surface area contributed by atoms with Gasteiger partial charge in [-0.3, -0.25) is 0 Å². The van der Waals surface area contributed by atoms with Crippen LogP contribution in [0.25, 0.3) is 11.1 Å². The highest BCUT2D eigenvalue weighted by Crippen LogP contribution is 2.21. The van der Waals surface area contributed by atoms with Crippen LogP contribution in [0.5, 0.6) is 0 Å². The molecule has 1 aliphatic rings. The van der Waals surface area contributed by atoms with Gasteiger partial charge in [-0.05, 0) is 16.7 Å². The predicted octanol–water partition coefficient (Wildman–Crippen LogP) is 1.99. The van der Waals surface area contributed by atoms with Gasteiger partial charge in [-0.2, -0.15) is 0 Å². The van der Waals surface area contributed by atoms with E-state index in [9.17, 15) is 5.11 Å². The van der Waals surface area contributed by atoms with Crippen LogP contribution < -0.4 is 0 Å². The maximum Gasteiger partial charge on any atom is 0.111 e. The zero-order chi connectivity index (χ0) is 15.4. The van der Waals surface area contributed by atoms with Crippen LogP contribution in [-0.4, -0.2) is 41.7 Å². The van der Waals surface area contributed by atoms with Gasteiger partial charge in [0.2, 0.25) is 0 Å². The van der Waals surface area contributed by atoms with Crippen molar-refractivity contribution in [3.05, 3.63) is 60.2 Å². The number of benzene rings is 2. The van der Waals surface area contributed by atoms with Crippen molar-refractivity contribution in [3.63, 3.8) is 0 Å². The first kappa shape index (κ1) is 15.2. The van der Waals surface area contributed by atoms with E-state index in [1.54, 1.807) is 0 Å². The van der Waals surface area contributed by atoms with Gasteiger partial charge in [0, 0.05) is 0 Å². The third-order valence-corrected chi connectivity index (χ3v) is 3.94. The Hall–Kier alpha value is -1.72. The highest BCUT2D eigenvalue weighted by Gasteiger charge is 2.36. The molecule has 0 amide bonds. The topological polar surface area (TPSA) is 58.9 Å². The first-order chi connectivity index (χ1) is 10.8. The molecule has 4 heteroatoms. The van der Waals surface area contributed by atoms with Gasteiger partial charge < -0.3 is 19.7 Å². The average Bonchev–Trinajstić information content (AvgIpc) is 2.94. The summed E-state index contributed by atoms with van der Waals surface area (Å²) in [6.45, 7) is 0.541. The fourth-order valence-corrected chi connectivity index (χ4v) is 2.59. The van der Waals surface area contributed by atoms with Crippen LogP contribution in [0.4, 0.5) is 0 Å². The first-order valence-electron chi connectivity index (χ1n) is 7.44. The molecular formula is C18H20O4. The molecule has 2 N–H and O–H groups in total. The van der Waals surface area contributed by atoms with Gasteiger partial charge in [0.1, 0.15) is 18.3 Å². The largest absolute Gasteiger partial charge is 0.394 e. The zero-order valence-electron chi connectivity index (χ0n) is 12.3. The fraction of sp³-hybridized carbons (Fsp3) is 0.333. The van der Waals surface area contributed by atoms with Crippen molar-refractivity contribution < 1.29 is 19.7 Å². The third-order valence-electron chi connectivity index (χ3n) is 3.94. The molecule has 2 aromatic rings. The molecule has 116 valence electrons. The van der Waals surface area contributed by atoms with E-state index >= 15 is 0 Å². The van der Waals surface area contributed by atoms with Gasteiger partial charge >= 0.3 is 0 Å². The SMILES string of the molecule is OC[C@H]1OC[C@H](OCc2ccc(-c3ccccc3)cc2)[C@@H]1O. The molecule has 0 bridgehead atoms. The normalized spacial score (nSPS) is 24.5. The predicted molar refractivity (Wildman–Crippen MR) is 83.3 cm³/mol. The Morgan fingerprint density at radius 3 is 2.32 bits per heavy atom. The molecule has 0 spiro atoms. The Kier molecular flexibility index (Phi) is 4.85. The Labute approximate surface area is 129 Å². The minimum atomic E-state index is -0.770. The Morgan fingerprint density at radius 1 is 1.00 bits per heavy atom. The molecule has 0 aliphatic carbocycles. The van der Waals surface area contributed by atoms with E-state index in [2.05, 4.69) is 24.3 Å². The molecule has 1 saturated heterocycles. The smallest absolute Gasteiger partial charge is 0.111 e. The van der Waals surface area contributed by atoms with Gasteiger partial charge in [0.25, 0.3) is 0 Å². The Bertz CT molecular complexity index is 582. The van der Waals surface area contributed by atoms with Crippen LogP contribution in [0.2, 0.25) is 0 Å². The standard InChI is InChI=1S/C18H20O4/c19-10-16-18(20)17(12-22-16)21-11-13-6-8-15(9-7-13)14-4-2-1-3-5-14/h1-9,16-20H,10-12H2/t16-,17+,18-/m1/s1. The lowest BCUT2D eigenvalue weighted by Crippen LogP contribution is -2.33. The molecule has 0 saturated carbocycles. The van der Waals surface area contributed by atoms with E-state index in [0.717, 1.165) is 11.1 Å². The summed E-state index contributed by atoms with van der Waals surface area (Å²) in [4.78, 5) is 0. The monoisotopic (exact) mass is 300 g/mol. The van der Waals surface area contributed by atoms with Gasteiger partial charge in [0.15, 0.2) is 0 Å². The summed E-state index contributed by atoms with van der Waals surface area (Å²) in [6.07, 6.45) is -1.69. The molecule has 4 nitrogen and oxygen atoms in total. The minimum absolute atomic E-state index is 0.188. The van der Waals surface area contributed by atoms with Crippen molar-refractivity contribution in [3.8, 4) is 11.1 Å². The average molecular weight is 300 g/mol. The van der Waals surface area contributed by atoms with Crippen molar-refractivity contribution in [2.45, 2.75) is 24.9 Å². The molecule has 22 heavy (non-hydrogen) atoms. The van der Waals surface area contributed by atoms with Crippen molar-refractivity contribution in [1.29, 1.82) is 0 Å². The second-order valence-electron chi connectivity index (χ2n) is 5.46. The highest BCUT2D eigenvalue weighted by molar-refractivity contribution is 5.63. The van der Waals surface area contributed by atoms with Crippen LogP contribution in [0, 0.1) is 0 Å². The first-order valence-corrected chi connectivity index (χ1v) is 7.44. The molecule has 0 unspecified atom stereocenters. The van der Waals surface area contributed by atoms with E-state index < -0.39 is 12.2 Å². The molecule has 1 fully saturated rings. The lowest BCUT2D eigenvalue weighted by atomic mass is 10.0. The summed E-state index contributed by atoms with van der Waals surface area (Å²) in [7, 11) is 0. The van der Waals surface area contributed by atoms with E-state index in [1.165, 1.54) is 5.56 Å². The summed E-state index contributed by atoms with van der Waals surface area (Å²) in [5, 5.41) is 18.9. The maximum atomic E-state index is 9.91. The lowest BCUT2D eigenvalue weighted by Gasteiger charge is -2.16. The molecule has 1 heterocycles. The number of hydrogen-bond donors (Lipinski definition) is 2. The van der Waals surface area contributed by atoms with Gasteiger partial charge in [-0.15, -0.1) is 0 Å². The molecule has 3 rings (SSSR count). The molecular weight excluding hydrogens is 280 g/mol. The van der Waals surface area contributed by atoms with Crippen LogP contribution in [0.3, 0.4) is 0 Å². The lowest BCUT2D eigenvalue weighted by molar-refractivity contribution is -0.0340.